The van der Waals surface area contributed by atoms with Crippen molar-refractivity contribution in [2.45, 2.75) is 25.2 Å². The number of fused-ring (bicyclic) bond motifs is 2. The first-order chi connectivity index (χ1) is 15.2. The lowest BCUT2D eigenvalue weighted by Crippen LogP contribution is -2.40. The summed E-state index contributed by atoms with van der Waals surface area (Å²) >= 11 is 0. The molecule has 0 spiro atoms. The first-order valence-corrected chi connectivity index (χ1v) is 10.3. The molecular weight excluding hydrogens is 398 g/mol. The number of oxazole rings is 1. The number of amides is 1. The fourth-order valence-corrected chi connectivity index (χ4v) is 3.93. The van der Waals surface area contributed by atoms with Gasteiger partial charge in [0.25, 0.3) is 5.91 Å². The molecule has 0 bridgehead atoms. The largest absolute Gasteiger partial charge is 0.455 e. The summed E-state index contributed by atoms with van der Waals surface area (Å²) in [5.41, 5.74) is 2.75. The van der Waals surface area contributed by atoms with Gasteiger partial charge in [-0.15, -0.1) is 0 Å². The Balaban J connectivity index is 1.12. The highest BCUT2D eigenvalue weighted by atomic mass is 16.5. The van der Waals surface area contributed by atoms with Gasteiger partial charge in [-0.25, -0.2) is 4.98 Å². The van der Waals surface area contributed by atoms with Crippen LogP contribution in [0.3, 0.4) is 0 Å². The highest BCUT2D eigenvalue weighted by Crippen LogP contribution is 2.30. The Morgan fingerprint density at radius 3 is 2.58 bits per heavy atom. The molecule has 8 nitrogen and oxygen atoms in total. The van der Waals surface area contributed by atoms with Crippen LogP contribution in [0, 0.1) is 0 Å². The highest BCUT2D eigenvalue weighted by molar-refractivity contribution is 5.85. The fraction of sp³-hybridized carbons (Fsp3) is 0.304. The van der Waals surface area contributed by atoms with Crippen molar-refractivity contribution in [1.82, 2.24) is 15.0 Å². The monoisotopic (exact) mass is 419 g/mol. The van der Waals surface area contributed by atoms with Gasteiger partial charge in [-0.3, -0.25) is 9.59 Å². The van der Waals surface area contributed by atoms with E-state index in [0.717, 1.165) is 35.2 Å². The van der Waals surface area contributed by atoms with Gasteiger partial charge in [0.15, 0.2) is 23.7 Å². The van der Waals surface area contributed by atoms with Crippen molar-refractivity contribution in [1.29, 1.82) is 0 Å². The molecule has 0 aliphatic carbocycles. The predicted octanol–water partition coefficient (Wildman–Crippen LogP) is 3.46. The molecule has 31 heavy (non-hydrogen) atoms. The SMILES string of the molecule is O=C(Cc1noc2ccccc12)OCC(=O)N1CCC(c2nc3ccccc3o2)CC1. The molecule has 0 unspecified atom stereocenters. The maximum absolute atomic E-state index is 12.5. The van der Waals surface area contributed by atoms with Crippen molar-refractivity contribution in [3.63, 3.8) is 0 Å². The van der Waals surface area contributed by atoms with E-state index in [1.807, 2.05) is 42.5 Å². The first kappa shape index (κ1) is 19.3. The number of esters is 1. The number of aromatic nitrogens is 2. The number of benzene rings is 2. The van der Waals surface area contributed by atoms with Gasteiger partial charge in [-0.1, -0.05) is 29.4 Å². The van der Waals surface area contributed by atoms with Crippen molar-refractivity contribution in [3.8, 4) is 0 Å². The van der Waals surface area contributed by atoms with E-state index in [2.05, 4.69) is 10.1 Å². The minimum absolute atomic E-state index is 0.0376. The summed E-state index contributed by atoms with van der Waals surface area (Å²) in [7, 11) is 0. The molecule has 1 amide bonds. The van der Waals surface area contributed by atoms with Gasteiger partial charge < -0.3 is 18.6 Å². The van der Waals surface area contributed by atoms with Crippen LogP contribution >= 0.6 is 0 Å². The van der Waals surface area contributed by atoms with E-state index in [9.17, 15) is 9.59 Å². The van der Waals surface area contributed by atoms with Gasteiger partial charge in [0.05, 0.1) is 6.42 Å². The van der Waals surface area contributed by atoms with E-state index in [1.165, 1.54) is 0 Å². The number of para-hydroxylation sites is 3. The second-order valence-electron chi connectivity index (χ2n) is 7.64. The van der Waals surface area contributed by atoms with Gasteiger partial charge in [0, 0.05) is 24.4 Å². The van der Waals surface area contributed by atoms with Gasteiger partial charge in [-0.05, 0) is 37.1 Å². The predicted molar refractivity (Wildman–Crippen MR) is 111 cm³/mol. The molecule has 2 aromatic heterocycles. The number of hydrogen-bond donors (Lipinski definition) is 0. The topological polar surface area (TPSA) is 98.7 Å². The third kappa shape index (κ3) is 4.01. The number of ether oxygens (including phenoxy) is 1. The van der Waals surface area contributed by atoms with E-state index in [0.29, 0.717) is 24.4 Å². The van der Waals surface area contributed by atoms with Crippen LogP contribution < -0.4 is 0 Å². The Hall–Kier alpha value is -3.68. The molecule has 158 valence electrons. The van der Waals surface area contributed by atoms with Gasteiger partial charge in [0.2, 0.25) is 0 Å². The summed E-state index contributed by atoms with van der Waals surface area (Å²) in [6, 6.07) is 15.0. The summed E-state index contributed by atoms with van der Waals surface area (Å²) < 4.78 is 16.2. The molecule has 1 aliphatic rings. The molecule has 0 N–H and O–H groups in total. The third-order valence-electron chi connectivity index (χ3n) is 5.63. The van der Waals surface area contributed by atoms with Crippen molar-refractivity contribution >= 4 is 33.9 Å². The summed E-state index contributed by atoms with van der Waals surface area (Å²) in [5.74, 6) is 0.196. The average molecular weight is 419 g/mol. The van der Waals surface area contributed by atoms with E-state index in [1.54, 1.807) is 11.0 Å². The molecule has 2 aromatic carbocycles. The van der Waals surface area contributed by atoms with E-state index in [4.69, 9.17) is 13.7 Å². The number of carbonyl (C=O) groups is 2. The lowest BCUT2D eigenvalue weighted by Gasteiger charge is -2.30. The van der Waals surface area contributed by atoms with Gasteiger partial charge in [0.1, 0.15) is 11.2 Å². The third-order valence-corrected chi connectivity index (χ3v) is 5.63. The standard InChI is InChI=1S/C23H21N3O5/c27-21(14-29-22(28)13-18-16-5-1-3-7-19(16)31-25-18)26-11-9-15(10-12-26)23-24-17-6-2-4-8-20(17)30-23/h1-8,15H,9-14H2. The molecule has 0 saturated carbocycles. The van der Waals surface area contributed by atoms with Crippen molar-refractivity contribution in [3.05, 3.63) is 60.1 Å². The number of piperidine rings is 1. The Kier molecular flexibility index (Phi) is 5.11. The lowest BCUT2D eigenvalue weighted by atomic mass is 9.97. The Labute approximate surface area is 177 Å². The minimum Gasteiger partial charge on any atom is -0.455 e. The molecule has 4 aromatic rings. The number of hydrogen-bond acceptors (Lipinski definition) is 7. The quantitative estimate of drug-likeness (QED) is 0.457. The Bertz CT molecular complexity index is 1200. The van der Waals surface area contributed by atoms with Crippen LogP contribution in [0.25, 0.3) is 22.1 Å². The number of rotatable bonds is 5. The van der Waals surface area contributed by atoms with Crippen LogP contribution in [-0.2, 0) is 20.7 Å². The van der Waals surface area contributed by atoms with Crippen LogP contribution in [0.1, 0.15) is 30.3 Å². The Morgan fingerprint density at radius 2 is 1.77 bits per heavy atom. The number of carbonyl (C=O) groups excluding carboxylic acids is 2. The smallest absolute Gasteiger partial charge is 0.312 e. The molecule has 1 saturated heterocycles. The zero-order valence-electron chi connectivity index (χ0n) is 16.8. The lowest BCUT2D eigenvalue weighted by molar-refractivity contribution is -0.152. The fourth-order valence-electron chi connectivity index (χ4n) is 3.93. The zero-order valence-corrected chi connectivity index (χ0v) is 16.8. The van der Waals surface area contributed by atoms with Crippen molar-refractivity contribution < 1.29 is 23.3 Å². The van der Waals surface area contributed by atoms with Crippen molar-refractivity contribution in [2.75, 3.05) is 19.7 Å². The maximum atomic E-state index is 12.5. The molecule has 0 radical (unpaired) electrons. The summed E-state index contributed by atoms with van der Waals surface area (Å²) in [6.07, 6.45) is 1.49. The van der Waals surface area contributed by atoms with E-state index >= 15 is 0 Å². The number of likely N-dealkylation sites (tertiary alicyclic amines) is 1. The normalized spacial score (nSPS) is 14.9. The van der Waals surface area contributed by atoms with Gasteiger partial charge >= 0.3 is 5.97 Å². The number of nitrogens with zero attached hydrogens (tertiary/aromatic N) is 3. The summed E-state index contributed by atoms with van der Waals surface area (Å²) in [6.45, 7) is 0.879. The molecule has 5 rings (SSSR count). The average Bonchev–Trinajstić information content (AvgIpc) is 3.42. The van der Waals surface area contributed by atoms with Crippen molar-refractivity contribution in [2.24, 2.45) is 0 Å². The summed E-state index contributed by atoms with van der Waals surface area (Å²) in [4.78, 5) is 30.9. The van der Waals surface area contributed by atoms with E-state index in [-0.39, 0.29) is 24.9 Å². The van der Waals surface area contributed by atoms with Crippen LogP contribution in [0.4, 0.5) is 0 Å². The molecule has 8 heteroatoms. The minimum atomic E-state index is -0.506. The molecule has 1 aliphatic heterocycles. The second kappa shape index (κ2) is 8.22. The summed E-state index contributed by atoms with van der Waals surface area (Å²) in [5, 5.41) is 4.69. The van der Waals surface area contributed by atoms with Crippen LogP contribution in [0.5, 0.6) is 0 Å². The van der Waals surface area contributed by atoms with Crippen LogP contribution in [-0.4, -0.2) is 46.6 Å². The van der Waals surface area contributed by atoms with Crippen LogP contribution in [0.2, 0.25) is 0 Å². The first-order valence-electron chi connectivity index (χ1n) is 10.3. The molecule has 1 fully saturated rings. The highest BCUT2D eigenvalue weighted by Gasteiger charge is 2.27. The molecule has 0 atom stereocenters. The van der Waals surface area contributed by atoms with E-state index < -0.39 is 5.97 Å². The Morgan fingerprint density at radius 1 is 1.03 bits per heavy atom. The molecular formula is C23H21N3O5. The molecule has 3 heterocycles. The van der Waals surface area contributed by atoms with Gasteiger partial charge in [-0.2, -0.15) is 0 Å². The zero-order chi connectivity index (χ0) is 21.2. The second-order valence-corrected chi connectivity index (χ2v) is 7.64. The van der Waals surface area contributed by atoms with Crippen LogP contribution in [0.15, 0.2) is 57.5 Å². The maximum Gasteiger partial charge on any atom is 0.312 e.